The van der Waals surface area contributed by atoms with Gasteiger partial charge in [0.15, 0.2) is 5.69 Å². The Balaban J connectivity index is 1.44. The lowest BCUT2D eigenvalue weighted by Gasteiger charge is -2.30. The van der Waals surface area contributed by atoms with Gasteiger partial charge in [0.1, 0.15) is 0 Å². The molecule has 3 aliphatic rings. The Hall–Kier alpha value is -2.10. The van der Waals surface area contributed by atoms with Crippen molar-refractivity contribution in [2.24, 2.45) is 5.92 Å². The average molecular weight is 397 g/mol. The zero-order chi connectivity index (χ0) is 19.7. The standard InChI is InChI=1S/C18H25F2N5O3/c19-18(20)9-14(25(12-18)16(26)13-3-7-28-8-4-13)10-24-11-15(21-22-24)17(27)23-5-1-2-6-23/h11,13-14H,1-10,12H2/t14-/m0/s1. The van der Waals surface area contributed by atoms with Gasteiger partial charge in [-0.05, 0) is 25.7 Å². The Labute approximate surface area is 161 Å². The highest BCUT2D eigenvalue weighted by molar-refractivity contribution is 5.92. The number of hydrogen-bond donors (Lipinski definition) is 0. The summed E-state index contributed by atoms with van der Waals surface area (Å²) < 4.78 is 34.8. The average Bonchev–Trinajstić information content (AvgIpc) is 3.42. The van der Waals surface area contributed by atoms with Crippen molar-refractivity contribution < 1.29 is 23.1 Å². The molecule has 0 saturated carbocycles. The summed E-state index contributed by atoms with van der Waals surface area (Å²) >= 11 is 0. The molecule has 0 unspecified atom stereocenters. The highest BCUT2D eigenvalue weighted by atomic mass is 19.3. The molecule has 3 aliphatic heterocycles. The molecule has 0 spiro atoms. The number of alkyl halides is 2. The Morgan fingerprint density at radius 2 is 1.93 bits per heavy atom. The van der Waals surface area contributed by atoms with E-state index in [0.717, 1.165) is 12.8 Å². The number of rotatable bonds is 4. The molecule has 1 aromatic heterocycles. The van der Waals surface area contributed by atoms with Crippen LogP contribution < -0.4 is 0 Å². The topological polar surface area (TPSA) is 80.6 Å². The minimum absolute atomic E-state index is 0.102. The summed E-state index contributed by atoms with van der Waals surface area (Å²) in [6, 6.07) is -0.665. The van der Waals surface area contributed by atoms with Crippen LogP contribution in [0.5, 0.6) is 0 Å². The largest absolute Gasteiger partial charge is 0.381 e. The summed E-state index contributed by atoms with van der Waals surface area (Å²) in [5.74, 6) is -3.61. The van der Waals surface area contributed by atoms with Crippen molar-refractivity contribution in [3.05, 3.63) is 11.9 Å². The number of hydrogen-bond acceptors (Lipinski definition) is 5. The number of ether oxygens (including phenoxy) is 1. The maximum atomic E-state index is 14.1. The highest BCUT2D eigenvalue weighted by Crippen LogP contribution is 2.34. The number of aromatic nitrogens is 3. The summed E-state index contributed by atoms with van der Waals surface area (Å²) in [7, 11) is 0. The first-order valence-corrected chi connectivity index (χ1v) is 9.88. The lowest BCUT2D eigenvalue weighted by Crippen LogP contribution is -2.43. The molecule has 3 saturated heterocycles. The molecule has 4 rings (SSSR count). The number of nitrogens with zero attached hydrogens (tertiary/aromatic N) is 5. The fraction of sp³-hybridized carbons (Fsp3) is 0.778. The molecule has 10 heteroatoms. The first-order valence-electron chi connectivity index (χ1n) is 9.88. The van der Waals surface area contributed by atoms with Crippen LogP contribution in [0, 0.1) is 5.92 Å². The van der Waals surface area contributed by atoms with Gasteiger partial charge in [0.25, 0.3) is 11.8 Å². The van der Waals surface area contributed by atoms with E-state index in [1.807, 2.05) is 0 Å². The Morgan fingerprint density at radius 1 is 1.21 bits per heavy atom. The van der Waals surface area contributed by atoms with Crippen LogP contribution >= 0.6 is 0 Å². The van der Waals surface area contributed by atoms with Crippen LogP contribution in [0.25, 0.3) is 0 Å². The molecule has 28 heavy (non-hydrogen) atoms. The number of halogens is 2. The molecule has 8 nitrogen and oxygen atoms in total. The van der Waals surface area contributed by atoms with Crippen LogP contribution in [0.2, 0.25) is 0 Å². The smallest absolute Gasteiger partial charge is 0.276 e. The molecular formula is C18H25F2N5O3. The van der Waals surface area contributed by atoms with Crippen LogP contribution in [0.1, 0.15) is 42.6 Å². The number of carbonyl (C=O) groups excluding carboxylic acids is 2. The van der Waals surface area contributed by atoms with E-state index in [1.165, 1.54) is 15.8 Å². The van der Waals surface area contributed by atoms with Gasteiger partial charge in [-0.1, -0.05) is 5.21 Å². The highest BCUT2D eigenvalue weighted by Gasteiger charge is 2.48. The monoisotopic (exact) mass is 397 g/mol. The van der Waals surface area contributed by atoms with Crippen LogP contribution in [0.3, 0.4) is 0 Å². The summed E-state index contributed by atoms with van der Waals surface area (Å²) in [4.78, 5) is 28.2. The van der Waals surface area contributed by atoms with Crippen LogP contribution in [-0.2, 0) is 16.1 Å². The molecule has 0 aliphatic carbocycles. The van der Waals surface area contributed by atoms with Crippen molar-refractivity contribution in [2.75, 3.05) is 32.8 Å². The third-order valence-corrected chi connectivity index (χ3v) is 5.78. The third kappa shape index (κ3) is 4.01. The fourth-order valence-electron chi connectivity index (χ4n) is 4.28. The van der Waals surface area contributed by atoms with E-state index in [1.54, 1.807) is 4.90 Å². The fourth-order valence-corrected chi connectivity index (χ4v) is 4.28. The van der Waals surface area contributed by atoms with E-state index in [4.69, 9.17) is 4.74 Å². The van der Waals surface area contributed by atoms with Gasteiger partial charge in [0, 0.05) is 38.6 Å². The van der Waals surface area contributed by atoms with Crippen molar-refractivity contribution in [1.82, 2.24) is 24.8 Å². The van der Waals surface area contributed by atoms with E-state index < -0.39 is 24.9 Å². The van der Waals surface area contributed by atoms with Gasteiger partial charge >= 0.3 is 0 Å². The summed E-state index contributed by atoms with van der Waals surface area (Å²) in [6.45, 7) is 1.90. The van der Waals surface area contributed by atoms with E-state index in [9.17, 15) is 18.4 Å². The van der Waals surface area contributed by atoms with Crippen molar-refractivity contribution in [1.29, 1.82) is 0 Å². The third-order valence-electron chi connectivity index (χ3n) is 5.78. The molecule has 0 radical (unpaired) electrons. The van der Waals surface area contributed by atoms with Crippen LogP contribution in [-0.4, -0.2) is 81.4 Å². The first kappa shape index (κ1) is 19.2. The van der Waals surface area contributed by atoms with E-state index >= 15 is 0 Å². The number of likely N-dealkylation sites (tertiary alicyclic amines) is 2. The minimum Gasteiger partial charge on any atom is -0.381 e. The van der Waals surface area contributed by atoms with Crippen LogP contribution in [0.4, 0.5) is 8.78 Å². The molecule has 0 bridgehead atoms. The lowest BCUT2D eigenvalue weighted by atomic mass is 9.98. The molecule has 154 valence electrons. The molecule has 0 aromatic carbocycles. The van der Waals surface area contributed by atoms with Gasteiger partial charge in [-0.2, -0.15) is 0 Å². The van der Waals surface area contributed by atoms with E-state index in [0.29, 0.717) is 39.1 Å². The molecule has 3 fully saturated rings. The second-order valence-corrected chi connectivity index (χ2v) is 7.89. The Morgan fingerprint density at radius 3 is 2.64 bits per heavy atom. The SMILES string of the molecule is O=C(c1cn(C[C@@H]2CC(F)(F)CN2C(=O)C2CCOCC2)nn1)N1CCCC1. The van der Waals surface area contributed by atoms with Gasteiger partial charge in [-0.15, -0.1) is 5.10 Å². The molecule has 1 atom stereocenters. The summed E-state index contributed by atoms with van der Waals surface area (Å²) in [5, 5.41) is 7.86. The second kappa shape index (κ2) is 7.73. The number of carbonyl (C=O) groups is 2. The predicted molar refractivity (Wildman–Crippen MR) is 93.8 cm³/mol. The van der Waals surface area contributed by atoms with Crippen molar-refractivity contribution >= 4 is 11.8 Å². The maximum absolute atomic E-state index is 14.1. The van der Waals surface area contributed by atoms with E-state index in [-0.39, 0.29) is 30.0 Å². The van der Waals surface area contributed by atoms with Gasteiger partial charge in [-0.25, -0.2) is 13.5 Å². The Kier molecular flexibility index (Phi) is 5.31. The van der Waals surface area contributed by atoms with Crippen molar-refractivity contribution in [2.45, 2.75) is 50.6 Å². The molecule has 4 heterocycles. The zero-order valence-electron chi connectivity index (χ0n) is 15.7. The maximum Gasteiger partial charge on any atom is 0.276 e. The predicted octanol–water partition coefficient (Wildman–Crippen LogP) is 1.18. The zero-order valence-corrected chi connectivity index (χ0v) is 15.7. The van der Waals surface area contributed by atoms with Crippen molar-refractivity contribution in [3.63, 3.8) is 0 Å². The molecule has 1 aromatic rings. The Bertz CT molecular complexity index is 729. The number of amides is 2. The summed E-state index contributed by atoms with van der Waals surface area (Å²) in [5.41, 5.74) is 0.217. The first-order chi connectivity index (χ1) is 13.4. The van der Waals surface area contributed by atoms with Crippen molar-refractivity contribution in [3.8, 4) is 0 Å². The molecule has 2 amide bonds. The van der Waals surface area contributed by atoms with E-state index in [2.05, 4.69) is 10.3 Å². The normalized spacial score (nSPS) is 25.4. The van der Waals surface area contributed by atoms with Gasteiger partial charge in [0.05, 0.1) is 25.3 Å². The summed E-state index contributed by atoms with van der Waals surface area (Å²) in [6.07, 6.45) is 4.16. The lowest BCUT2D eigenvalue weighted by molar-refractivity contribution is -0.140. The van der Waals surface area contributed by atoms with Gasteiger partial charge < -0.3 is 14.5 Å². The minimum atomic E-state index is -2.92. The van der Waals surface area contributed by atoms with Gasteiger partial charge in [0.2, 0.25) is 5.91 Å². The quantitative estimate of drug-likeness (QED) is 0.762. The second-order valence-electron chi connectivity index (χ2n) is 7.89. The van der Waals surface area contributed by atoms with Gasteiger partial charge in [-0.3, -0.25) is 9.59 Å². The molecule has 0 N–H and O–H groups in total. The molecular weight excluding hydrogens is 372 g/mol. The van der Waals surface area contributed by atoms with Crippen LogP contribution in [0.15, 0.2) is 6.20 Å².